The summed E-state index contributed by atoms with van der Waals surface area (Å²) in [4.78, 5) is 35.3. The summed E-state index contributed by atoms with van der Waals surface area (Å²) in [6, 6.07) is 10.1. The summed E-state index contributed by atoms with van der Waals surface area (Å²) >= 11 is 0. The van der Waals surface area contributed by atoms with Gasteiger partial charge in [0.15, 0.2) is 5.78 Å². The predicted molar refractivity (Wildman–Crippen MR) is 95.5 cm³/mol. The van der Waals surface area contributed by atoms with E-state index in [2.05, 4.69) is 5.32 Å². The van der Waals surface area contributed by atoms with Crippen molar-refractivity contribution < 1.29 is 23.9 Å². The van der Waals surface area contributed by atoms with E-state index in [4.69, 9.17) is 9.47 Å². The zero-order valence-electron chi connectivity index (χ0n) is 14.6. The number of carbonyl (C=O) groups is 3. The van der Waals surface area contributed by atoms with Gasteiger partial charge in [-0.05, 0) is 55.3 Å². The lowest BCUT2D eigenvalue weighted by Gasteiger charge is -2.17. The summed E-state index contributed by atoms with van der Waals surface area (Å²) in [7, 11) is 1.52. The smallest absolute Gasteiger partial charge is 0.338 e. The van der Waals surface area contributed by atoms with Gasteiger partial charge in [0.1, 0.15) is 12.4 Å². The first kappa shape index (κ1) is 17.7. The number of anilines is 1. The van der Waals surface area contributed by atoms with E-state index in [-0.39, 0.29) is 18.3 Å². The van der Waals surface area contributed by atoms with E-state index < -0.39 is 5.97 Å². The van der Waals surface area contributed by atoms with Gasteiger partial charge in [-0.2, -0.15) is 0 Å². The molecular weight excluding hydrogens is 334 g/mol. The second-order valence-electron chi connectivity index (χ2n) is 6.08. The van der Waals surface area contributed by atoms with Crippen molar-refractivity contribution in [1.82, 2.24) is 0 Å². The van der Waals surface area contributed by atoms with Crippen molar-refractivity contribution in [2.45, 2.75) is 26.4 Å². The summed E-state index contributed by atoms with van der Waals surface area (Å²) in [5.41, 5.74) is 3.21. The Hall–Kier alpha value is -3.15. The molecule has 1 aliphatic heterocycles. The van der Waals surface area contributed by atoms with Crippen LogP contribution >= 0.6 is 0 Å². The summed E-state index contributed by atoms with van der Waals surface area (Å²) < 4.78 is 10.6. The first-order valence-corrected chi connectivity index (χ1v) is 8.25. The van der Waals surface area contributed by atoms with E-state index in [0.29, 0.717) is 35.3 Å². The van der Waals surface area contributed by atoms with Crippen LogP contribution in [-0.2, 0) is 22.6 Å². The Morgan fingerprint density at radius 3 is 2.58 bits per heavy atom. The molecule has 0 bridgehead atoms. The monoisotopic (exact) mass is 353 g/mol. The van der Waals surface area contributed by atoms with Gasteiger partial charge < -0.3 is 14.8 Å². The number of aryl methyl sites for hydroxylation is 1. The average Bonchev–Trinajstić information content (AvgIpc) is 2.65. The summed E-state index contributed by atoms with van der Waals surface area (Å²) in [5.74, 6) is -0.0156. The first-order chi connectivity index (χ1) is 12.5. The molecule has 0 unspecified atom stereocenters. The van der Waals surface area contributed by atoms with E-state index in [0.717, 1.165) is 11.3 Å². The lowest BCUT2D eigenvalue weighted by atomic mass is 10.0. The van der Waals surface area contributed by atoms with Gasteiger partial charge in [0.05, 0.1) is 12.7 Å². The van der Waals surface area contributed by atoms with Crippen LogP contribution in [0.3, 0.4) is 0 Å². The molecule has 0 saturated heterocycles. The Bertz CT molecular complexity index is 888. The highest BCUT2D eigenvalue weighted by Gasteiger charge is 2.18. The minimum atomic E-state index is -0.472. The number of benzene rings is 2. The van der Waals surface area contributed by atoms with E-state index in [1.807, 2.05) is 0 Å². The van der Waals surface area contributed by atoms with E-state index in [1.165, 1.54) is 14.0 Å². The third kappa shape index (κ3) is 3.74. The lowest BCUT2D eigenvalue weighted by molar-refractivity contribution is -0.116. The summed E-state index contributed by atoms with van der Waals surface area (Å²) in [6.45, 7) is 1.47. The third-order valence-corrected chi connectivity index (χ3v) is 4.28. The van der Waals surface area contributed by atoms with Crippen molar-refractivity contribution in [3.05, 3.63) is 58.7 Å². The number of fused-ring (bicyclic) bond motifs is 1. The zero-order valence-corrected chi connectivity index (χ0v) is 14.6. The molecular formula is C20H19NO5. The molecule has 0 aromatic heterocycles. The fourth-order valence-corrected chi connectivity index (χ4v) is 2.85. The summed E-state index contributed by atoms with van der Waals surface area (Å²) in [6.07, 6.45) is 0.997. The molecule has 2 aromatic carbocycles. The molecule has 6 nitrogen and oxygen atoms in total. The normalized spacial score (nSPS) is 12.8. The van der Waals surface area contributed by atoms with Crippen LogP contribution in [0.25, 0.3) is 0 Å². The molecule has 0 saturated carbocycles. The Labute approximate surface area is 151 Å². The van der Waals surface area contributed by atoms with E-state index >= 15 is 0 Å². The zero-order chi connectivity index (χ0) is 18.7. The van der Waals surface area contributed by atoms with Crippen molar-refractivity contribution in [3.8, 4) is 5.75 Å². The number of methoxy groups -OCH3 is 1. The molecule has 0 spiro atoms. The second-order valence-corrected chi connectivity index (χ2v) is 6.08. The topological polar surface area (TPSA) is 81.7 Å². The third-order valence-electron chi connectivity index (χ3n) is 4.28. The molecule has 1 amide bonds. The summed E-state index contributed by atoms with van der Waals surface area (Å²) in [5, 5.41) is 2.78. The highest BCUT2D eigenvalue weighted by molar-refractivity contribution is 5.96. The first-order valence-electron chi connectivity index (χ1n) is 8.25. The number of rotatable bonds is 5. The van der Waals surface area contributed by atoms with Gasteiger partial charge in [-0.15, -0.1) is 0 Å². The Kier molecular flexibility index (Phi) is 5.02. The molecule has 0 radical (unpaired) electrons. The van der Waals surface area contributed by atoms with E-state index in [1.54, 1.807) is 36.4 Å². The quantitative estimate of drug-likeness (QED) is 0.660. The number of ether oxygens (including phenoxy) is 2. The van der Waals surface area contributed by atoms with Crippen LogP contribution in [-0.4, -0.2) is 24.8 Å². The fraction of sp³-hybridized carbons (Fsp3) is 0.250. The predicted octanol–water partition coefficient (Wildman–Crippen LogP) is 3.14. The van der Waals surface area contributed by atoms with Gasteiger partial charge in [0.25, 0.3) is 0 Å². The molecule has 1 N–H and O–H groups in total. The average molecular weight is 353 g/mol. The maximum atomic E-state index is 12.4. The minimum Gasteiger partial charge on any atom is -0.496 e. The Morgan fingerprint density at radius 2 is 1.85 bits per heavy atom. The van der Waals surface area contributed by atoms with Crippen molar-refractivity contribution in [1.29, 1.82) is 0 Å². The molecule has 26 heavy (non-hydrogen) atoms. The molecule has 0 atom stereocenters. The number of esters is 1. The maximum absolute atomic E-state index is 12.4. The molecule has 134 valence electrons. The molecule has 3 rings (SSSR count). The number of ketones is 1. The van der Waals surface area contributed by atoms with Crippen LogP contribution in [0.4, 0.5) is 5.69 Å². The number of nitrogens with one attached hydrogen (secondary N) is 1. The van der Waals surface area contributed by atoms with Gasteiger partial charge in [0, 0.05) is 23.2 Å². The number of Topliss-reactive ketones (excluding diaryl/α,β-unsaturated/α-hetero) is 1. The highest BCUT2D eigenvalue weighted by Crippen LogP contribution is 2.25. The number of carbonyl (C=O) groups excluding carboxylic acids is 3. The fourth-order valence-electron chi connectivity index (χ4n) is 2.85. The van der Waals surface area contributed by atoms with Gasteiger partial charge >= 0.3 is 5.97 Å². The van der Waals surface area contributed by atoms with Gasteiger partial charge in [-0.1, -0.05) is 0 Å². The molecule has 0 aliphatic carbocycles. The number of amides is 1. The van der Waals surface area contributed by atoms with Gasteiger partial charge in [0.2, 0.25) is 5.91 Å². The molecule has 6 heteroatoms. The van der Waals surface area contributed by atoms with Crippen LogP contribution in [0.5, 0.6) is 5.75 Å². The standard InChI is InChI=1S/C20H19NO5/c1-12(22)13-4-7-18(25-2)16(9-13)11-26-20(24)15-3-6-17-14(10-15)5-8-19(23)21-17/h3-4,6-7,9-10H,5,8,11H2,1-2H3,(H,21,23). The second kappa shape index (κ2) is 7.39. The van der Waals surface area contributed by atoms with Crippen molar-refractivity contribution in [2.75, 3.05) is 12.4 Å². The van der Waals surface area contributed by atoms with Crippen LogP contribution < -0.4 is 10.1 Å². The molecule has 2 aromatic rings. The minimum absolute atomic E-state index is 0.00303. The Balaban J connectivity index is 1.74. The van der Waals surface area contributed by atoms with Crippen molar-refractivity contribution in [2.24, 2.45) is 0 Å². The number of hydrogen-bond acceptors (Lipinski definition) is 5. The van der Waals surface area contributed by atoms with Crippen LogP contribution in [0, 0.1) is 0 Å². The highest BCUT2D eigenvalue weighted by atomic mass is 16.5. The van der Waals surface area contributed by atoms with Crippen LogP contribution in [0.15, 0.2) is 36.4 Å². The van der Waals surface area contributed by atoms with Gasteiger partial charge in [-0.25, -0.2) is 4.79 Å². The SMILES string of the molecule is COc1ccc(C(C)=O)cc1COC(=O)c1ccc2c(c1)CCC(=O)N2. The van der Waals surface area contributed by atoms with Crippen LogP contribution in [0.1, 0.15) is 45.2 Å². The molecule has 1 heterocycles. The number of hydrogen-bond donors (Lipinski definition) is 1. The van der Waals surface area contributed by atoms with Crippen molar-refractivity contribution in [3.63, 3.8) is 0 Å². The lowest BCUT2D eigenvalue weighted by Crippen LogP contribution is -2.19. The Morgan fingerprint density at radius 1 is 1.08 bits per heavy atom. The van der Waals surface area contributed by atoms with Crippen LogP contribution in [0.2, 0.25) is 0 Å². The maximum Gasteiger partial charge on any atom is 0.338 e. The van der Waals surface area contributed by atoms with Crippen molar-refractivity contribution >= 4 is 23.3 Å². The largest absolute Gasteiger partial charge is 0.496 e. The van der Waals surface area contributed by atoms with E-state index in [9.17, 15) is 14.4 Å². The molecule has 1 aliphatic rings. The van der Waals surface area contributed by atoms with Gasteiger partial charge in [-0.3, -0.25) is 9.59 Å². The molecule has 0 fully saturated rings.